The van der Waals surface area contributed by atoms with Crippen molar-refractivity contribution in [2.45, 2.75) is 127 Å². The van der Waals surface area contributed by atoms with E-state index < -0.39 is 46.1 Å². The third kappa shape index (κ3) is 10.1. The van der Waals surface area contributed by atoms with E-state index in [9.17, 15) is 44.2 Å². The molecule has 0 saturated heterocycles. The molecule has 3 aliphatic rings. The Balaban J connectivity index is 0.00000576. The Bertz CT molecular complexity index is 1280. The molecule has 0 heterocycles. The van der Waals surface area contributed by atoms with Crippen LogP contribution in [0.5, 0.6) is 5.75 Å². The minimum atomic E-state index is -5.57. The summed E-state index contributed by atoms with van der Waals surface area (Å²) >= 11 is 0. The predicted molar refractivity (Wildman–Crippen MR) is 161 cm³/mol. The predicted octanol–water partition coefficient (Wildman–Crippen LogP) is 4.82. The fourth-order valence-corrected chi connectivity index (χ4v) is 9.98. The first kappa shape index (κ1) is 40.1. The Morgan fingerprint density at radius 3 is 2.26 bits per heavy atom. The largest absolute Gasteiger partial charge is 1.00 e. The van der Waals surface area contributed by atoms with Crippen molar-refractivity contribution in [3.8, 4) is 5.75 Å². The average Bonchev–Trinajstić information content (AvgIpc) is 3.24. The van der Waals surface area contributed by atoms with Crippen molar-refractivity contribution in [1.29, 1.82) is 0 Å². The zero-order valence-electron chi connectivity index (χ0n) is 26.8. The zero-order chi connectivity index (χ0) is 33.0. The number of rotatable bonds is 16. The molecule has 1 aromatic rings. The fraction of sp³-hybridized carbons (Fsp3) is 0.812. The SMILES string of the molecule is C[C@]12CC[C@@H]3c4ccc(OS(=O)(=O)[O-])cc4C[C@@H](CCCCCCCCCS(=O)CCCC(F)(F)C(F)(F)F)[C@H]3[C@@H]1CC[C@@H]2O.[Na+]. The van der Waals surface area contributed by atoms with Gasteiger partial charge < -0.3 is 13.8 Å². The van der Waals surface area contributed by atoms with Crippen LogP contribution in [0.3, 0.4) is 0 Å². The molecule has 2 saturated carbocycles. The summed E-state index contributed by atoms with van der Waals surface area (Å²) in [6, 6.07) is 5.19. The van der Waals surface area contributed by atoms with Gasteiger partial charge in [-0.3, -0.25) is 4.21 Å². The molecule has 0 amide bonds. The standard InChI is InChI=1S/C32H47F5O6S2.Na/c1-30-17-15-26-25-12-11-24(43-45(40,41)42)21-23(25)20-22(29(26)27(30)13-14-28(30)38)10-7-5-3-2-4-6-8-18-44(39)19-9-16-31(33,34)32(35,36)37;/h11-12,21-22,26-29,38H,2-10,13-20H2,1H3,(H,40,41,42);/q;+1/p-1/t22-,26-,27+,28+,29-,30+,44?;/m1./s1. The number of hydrogen-bond donors (Lipinski definition) is 1. The van der Waals surface area contributed by atoms with Crippen LogP contribution in [0.2, 0.25) is 0 Å². The first-order valence-electron chi connectivity index (χ1n) is 16.3. The normalized spacial score (nSPS) is 28.5. The summed E-state index contributed by atoms with van der Waals surface area (Å²) in [7, 11) is -6.26. The summed E-state index contributed by atoms with van der Waals surface area (Å²) in [5.74, 6) is -2.97. The van der Waals surface area contributed by atoms with E-state index in [2.05, 4.69) is 11.1 Å². The van der Waals surface area contributed by atoms with Gasteiger partial charge in [-0.2, -0.15) is 22.0 Å². The van der Waals surface area contributed by atoms with Gasteiger partial charge in [0, 0.05) is 28.7 Å². The Labute approximate surface area is 294 Å². The molecule has 1 aromatic carbocycles. The molecule has 0 bridgehead atoms. The maximum atomic E-state index is 13.0. The van der Waals surface area contributed by atoms with Crippen LogP contribution in [-0.4, -0.2) is 52.0 Å². The Hall–Kier alpha value is -0.310. The van der Waals surface area contributed by atoms with Gasteiger partial charge in [0.1, 0.15) is 5.75 Å². The van der Waals surface area contributed by atoms with Crippen molar-refractivity contribution in [3.63, 3.8) is 0 Å². The maximum Gasteiger partial charge on any atom is 1.00 e. The van der Waals surface area contributed by atoms with Crippen LogP contribution in [0.15, 0.2) is 18.2 Å². The number of unbranched alkanes of at least 4 members (excludes halogenated alkanes) is 6. The smallest absolute Gasteiger partial charge is 0.716 e. The Morgan fingerprint density at radius 1 is 0.978 bits per heavy atom. The molecule has 0 spiro atoms. The van der Waals surface area contributed by atoms with Crippen LogP contribution in [0.1, 0.15) is 114 Å². The quantitative estimate of drug-likeness (QED) is 0.0869. The first-order chi connectivity index (χ1) is 21.0. The minimum Gasteiger partial charge on any atom is -0.716 e. The van der Waals surface area contributed by atoms with E-state index in [1.54, 1.807) is 12.1 Å². The van der Waals surface area contributed by atoms with Crippen LogP contribution in [0.25, 0.3) is 0 Å². The van der Waals surface area contributed by atoms with Crippen LogP contribution in [0.4, 0.5) is 22.0 Å². The molecular weight excluding hydrogens is 662 g/mol. The molecule has 1 N–H and O–H groups in total. The van der Waals surface area contributed by atoms with E-state index >= 15 is 0 Å². The summed E-state index contributed by atoms with van der Waals surface area (Å²) in [6.07, 6.45) is 4.44. The molecule has 3 aliphatic carbocycles. The number of aliphatic hydroxyl groups excluding tert-OH is 1. The molecular formula is C32H46F5NaO6S2. The van der Waals surface area contributed by atoms with Gasteiger partial charge in [0.25, 0.3) is 10.4 Å². The van der Waals surface area contributed by atoms with E-state index in [1.165, 1.54) is 5.56 Å². The second kappa shape index (κ2) is 16.6. The van der Waals surface area contributed by atoms with E-state index in [0.29, 0.717) is 35.8 Å². The van der Waals surface area contributed by atoms with Crippen molar-refractivity contribution in [2.75, 3.05) is 11.5 Å². The topological polar surface area (TPSA) is 104 Å². The molecule has 4 rings (SSSR count). The van der Waals surface area contributed by atoms with Crippen LogP contribution < -0.4 is 33.7 Å². The second-order valence-electron chi connectivity index (χ2n) is 13.7. The number of alkyl halides is 5. The number of aliphatic hydroxyl groups is 1. The third-order valence-corrected chi connectivity index (χ3v) is 12.6. The summed E-state index contributed by atoms with van der Waals surface area (Å²) in [4.78, 5) is 0. The Morgan fingerprint density at radius 2 is 1.61 bits per heavy atom. The summed E-state index contributed by atoms with van der Waals surface area (Å²) in [6.45, 7) is 2.23. The number of fused-ring (bicyclic) bond motifs is 5. The molecule has 0 radical (unpaired) electrons. The second-order valence-corrected chi connectivity index (χ2v) is 16.3. The molecule has 0 aromatic heterocycles. The van der Waals surface area contributed by atoms with Gasteiger partial charge in [0.05, 0.1) is 6.10 Å². The number of halogens is 5. The van der Waals surface area contributed by atoms with Crippen molar-refractivity contribution < 1.29 is 78.0 Å². The van der Waals surface area contributed by atoms with Crippen LogP contribution in [-0.2, 0) is 27.6 Å². The summed E-state index contributed by atoms with van der Waals surface area (Å²) in [5, 5.41) is 10.9. The average molecular weight is 709 g/mol. The van der Waals surface area contributed by atoms with Gasteiger partial charge in [-0.1, -0.05) is 51.5 Å². The molecule has 258 valence electrons. The summed E-state index contributed by atoms with van der Waals surface area (Å²) in [5.41, 5.74) is 2.15. The molecule has 46 heavy (non-hydrogen) atoms. The number of benzene rings is 1. The van der Waals surface area contributed by atoms with E-state index in [4.69, 9.17) is 0 Å². The van der Waals surface area contributed by atoms with Gasteiger partial charge in [0.2, 0.25) is 0 Å². The van der Waals surface area contributed by atoms with Gasteiger partial charge in [-0.15, -0.1) is 0 Å². The van der Waals surface area contributed by atoms with Crippen molar-refractivity contribution in [3.05, 3.63) is 29.3 Å². The van der Waals surface area contributed by atoms with E-state index in [0.717, 1.165) is 82.6 Å². The Kier molecular flexibility index (Phi) is 14.5. The van der Waals surface area contributed by atoms with E-state index in [1.807, 2.05) is 6.07 Å². The first-order valence-corrected chi connectivity index (χ1v) is 19.1. The number of hydrogen-bond acceptors (Lipinski definition) is 6. The van der Waals surface area contributed by atoms with Gasteiger partial charge in [0.15, 0.2) is 0 Å². The molecule has 14 heteroatoms. The van der Waals surface area contributed by atoms with Crippen LogP contribution >= 0.6 is 0 Å². The van der Waals surface area contributed by atoms with Gasteiger partial charge in [-0.25, -0.2) is 8.42 Å². The monoisotopic (exact) mass is 708 g/mol. The maximum absolute atomic E-state index is 13.0. The molecule has 6 nitrogen and oxygen atoms in total. The van der Waals surface area contributed by atoms with E-state index in [-0.39, 0.29) is 52.6 Å². The van der Waals surface area contributed by atoms with Crippen LogP contribution in [0, 0.1) is 23.2 Å². The van der Waals surface area contributed by atoms with Gasteiger partial charge in [-0.05, 0) is 104 Å². The molecule has 1 unspecified atom stereocenters. The molecule has 0 aliphatic heterocycles. The zero-order valence-corrected chi connectivity index (χ0v) is 30.5. The van der Waals surface area contributed by atoms with Crippen molar-refractivity contribution in [1.82, 2.24) is 0 Å². The van der Waals surface area contributed by atoms with Crippen molar-refractivity contribution >= 4 is 21.2 Å². The molecule has 2 fully saturated rings. The van der Waals surface area contributed by atoms with Gasteiger partial charge >= 0.3 is 41.7 Å². The third-order valence-electron chi connectivity index (χ3n) is 10.7. The fourth-order valence-electron chi connectivity index (χ4n) is 8.44. The summed E-state index contributed by atoms with van der Waals surface area (Å²) < 4.78 is 113. The van der Waals surface area contributed by atoms with Crippen molar-refractivity contribution in [2.24, 2.45) is 23.2 Å². The minimum absolute atomic E-state index is 0. The molecule has 7 atom stereocenters.